The van der Waals surface area contributed by atoms with E-state index in [1.807, 2.05) is 0 Å². The monoisotopic (exact) mass is 230 g/mol. The van der Waals surface area contributed by atoms with Gasteiger partial charge in [-0.1, -0.05) is 19.9 Å². The highest BCUT2D eigenvalue weighted by Gasteiger charge is 2.09. The fourth-order valence-electron chi connectivity index (χ4n) is 1.83. The zero-order valence-corrected chi connectivity index (χ0v) is 11.3. The maximum Gasteiger partial charge on any atom is 0.122 e. The molecule has 0 heterocycles. The summed E-state index contributed by atoms with van der Waals surface area (Å²) in [5, 5.41) is 0. The molecule has 1 rings (SSSR count). The van der Waals surface area contributed by atoms with Crippen molar-refractivity contribution < 1.29 is 4.74 Å². The third-order valence-corrected chi connectivity index (χ3v) is 3.12. The number of hydrogen-bond donors (Lipinski definition) is 0. The van der Waals surface area contributed by atoms with Gasteiger partial charge in [0.1, 0.15) is 5.75 Å². The SMILES string of the molecule is C#CC(C)Cc1ccc(OCCC)c(C)c1C. The van der Waals surface area contributed by atoms with E-state index in [4.69, 9.17) is 11.2 Å². The Kier molecular flexibility index (Phi) is 5.10. The molecule has 0 saturated heterocycles. The van der Waals surface area contributed by atoms with Gasteiger partial charge in [-0.05, 0) is 49.4 Å². The fraction of sp³-hybridized carbons (Fsp3) is 0.500. The van der Waals surface area contributed by atoms with E-state index >= 15 is 0 Å². The number of rotatable bonds is 5. The predicted molar refractivity (Wildman–Crippen MR) is 73.4 cm³/mol. The standard InChI is InChI=1S/C16H22O/c1-6-10-17-16-9-8-15(11-12(3)7-2)13(4)14(16)5/h2,8-9,12H,6,10-11H2,1,3-5H3. The lowest BCUT2D eigenvalue weighted by Gasteiger charge is -2.15. The van der Waals surface area contributed by atoms with Crippen molar-refractivity contribution in [3.05, 3.63) is 28.8 Å². The predicted octanol–water partition coefficient (Wildman–Crippen LogP) is 3.90. The summed E-state index contributed by atoms with van der Waals surface area (Å²) in [6.45, 7) is 9.24. The molecule has 0 spiro atoms. The highest BCUT2D eigenvalue weighted by atomic mass is 16.5. The number of terminal acetylenes is 1. The Balaban J connectivity index is 2.90. The second-order valence-corrected chi connectivity index (χ2v) is 4.59. The number of benzene rings is 1. The minimum absolute atomic E-state index is 0.288. The Bertz CT molecular complexity index is 412. The maximum atomic E-state index is 5.71. The molecule has 0 bridgehead atoms. The smallest absolute Gasteiger partial charge is 0.122 e. The lowest BCUT2D eigenvalue weighted by atomic mass is 9.95. The summed E-state index contributed by atoms with van der Waals surface area (Å²) in [7, 11) is 0. The molecule has 0 radical (unpaired) electrons. The van der Waals surface area contributed by atoms with Crippen LogP contribution < -0.4 is 4.74 Å². The third-order valence-electron chi connectivity index (χ3n) is 3.12. The van der Waals surface area contributed by atoms with Gasteiger partial charge >= 0.3 is 0 Å². The molecule has 0 aromatic heterocycles. The normalized spacial score (nSPS) is 11.9. The van der Waals surface area contributed by atoms with E-state index in [-0.39, 0.29) is 5.92 Å². The quantitative estimate of drug-likeness (QED) is 0.697. The summed E-state index contributed by atoms with van der Waals surface area (Å²) in [5.41, 5.74) is 3.87. The Hall–Kier alpha value is -1.42. The van der Waals surface area contributed by atoms with E-state index in [0.717, 1.165) is 25.2 Å². The highest BCUT2D eigenvalue weighted by molar-refractivity contribution is 5.44. The van der Waals surface area contributed by atoms with Crippen LogP contribution in [0, 0.1) is 32.1 Å². The van der Waals surface area contributed by atoms with Crippen molar-refractivity contribution in [2.45, 2.75) is 40.5 Å². The first-order chi connectivity index (χ1) is 8.10. The van der Waals surface area contributed by atoms with Crippen LogP contribution in [-0.2, 0) is 6.42 Å². The van der Waals surface area contributed by atoms with Gasteiger partial charge in [-0.15, -0.1) is 12.3 Å². The summed E-state index contributed by atoms with van der Waals surface area (Å²) < 4.78 is 5.71. The van der Waals surface area contributed by atoms with E-state index in [9.17, 15) is 0 Å². The van der Waals surface area contributed by atoms with Crippen molar-refractivity contribution in [3.63, 3.8) is 0 Å². The van der Waals surface area contributed by atoms with Crippen LogP contribution in [0.4, 0.5) is 0 Å². The lowest BCUT2D eigenvalue weighted by Crippen LogP contribution is -2.03. The van der Waals surface area contributed by atoms with Gasteiger partial charge < -0.3 is 4.74 Å². The summed E-state index contributed by atoms with van der Waals surface area (Å²) in [6.07, 6.45) is 7.41. The van der Waals surface area contributed by atoms with Crippen molar-refractivity contribution in [1.29, 1.82) is 0 Å². The van der Waals surface area contributed by atoms with Gasteiger partial charge in [0, 0.05) is 5.92 Å². The van der Waals surface area contributed by atoms with Gasteiger partial charge in [0.15, 0.2) is 0 Å². The van der Waals surface area contributed by atoms with Gasteiger partial charge in [0.25, 0.3) is 0 Å². The molecule has 0 aliphatic heterocycles. The molecule has 1 atom stereocenters. The second kappa shape index (κ2) is 6.35. The minimum Gasteiger partial charge on any atom is -0.493 e. The topological polar surface area (TPSA) is 9.23 Å². The average Bonchev–Trinajstić information content (AvgIpc) is 2.34. The molecule has 1 unspecified atom stereocenters. The van der Waals surface area contributed by atoms with Gasteiger partial charge in [0.05, 0.1) is 6.61 Å². The molecule has 92 valence electrons. The Morgan fingerprint density at radius 3 is 2.59 bits per heavy atom. The summed E-state index contributed by atoms with van der Waals surface area (Å²) in [5.74, 6) is 4.07. The van der Waals surface area contributed by atoms with Crippen LogP contribution in [0.15, 0.2) is 12.1 Å². The molecule has 17 heavy (non-hydrogen) atoms. The van der Waals surface area contributed by atoms with Gasteiger partial charge in [-0.2, -0.15) is 0 Å². The van der Waals surface area contributed by atoms with E-state index < -0.39 is 0 Å². The zero-order chi connectivity index (χ0) is 12.8. The number of ether oxygens (including phenoxy) is 1. The van der Waals surface area contributed by atoms with Gasteiger partial charge in [0.2, 0.25) is 0 Å². The molecule has 1 aromatic rings. The molecular formula is C16H22O. The largest absolute Gasteiger partial charge is 0.493 e. The highest BCUT2D eigenvalue weighted by Crippen LogP contribution is 2.25. The summed E-state index contributed by atoms with van der Waals surface area (Å²) in [6, 6.07) is 4.21. The first-order valence-corrected chi connectivity index (χ1v) is 6.28. The molecule has 1 nitrogen and oxygen atoms in total. The Morgan fingerprint density at radius 1 is 1.29 bits per heavy atom. The van der Waals surface area contributed by atoms with Crippen LogP contribution in [-0.4, -0.2) is 6.61 Å². The van der Waals surface area contributed by atoms with Crippen molar-refractivity contribution in [2.24, 2.45) is 5.92 Å². The van der Waals surface area contributed by atoms with Crippen molar-refractivity contribution in [2.75, 3.05) is 6.61 Å². The first kappa shape index (κ1) is 13.6. The van der Waals surface area contributed by atoms with Crippen LogP contribution in [0.2, 0.25) is 0 Å². The summed E-state index contributed by atoms with van der Waals surface area (Å²) >= 11 is 0. The van der Waals surface area contributed by atoms with Crippen LogP contribution in [0.3, 0.4) is 0 Å². The average molecular weight is 230 g/mol. The molecule has 1 aromatic carbocycles. The number of hydrogen-bond acceptors (Lipinski definition) is 1. The maximum absolute atomic E-state index is 5.71. The summed E-state index contributed by atoms with van der Waals surface area (Å²) in [4.78, 5) is 0. The molecule has 0 fully saturated rings. The van der Waals surface area contributed by atoms with E-state index in [1.54, 1.807) is 0 Å². The minimum atomic E-state index is 0.288. The van der Waals surface area contributed by atoms with Crippen LogP contribution in [0.25, 0.3) is 0 Å². The molecule has 0 saturated carbocycles. The van der Waals surface area contributed by atoms with E-state index in [1.165, 1.54) is 16.7 Å². The molecule has 1 heteroatoms. The van der Waals surface area contributed by atoms with Crippen molar-refractivity contribution in [1.82, 2.24) is 0 Å². The van der Waals surface area contributed by atoms with E-state index in [0.29, 0.717) is 0 Å². The second-order valence-electron chi connectivity index (χ2n) is 4.59. The van der Waals surface area contributed by atoms with Crippen LogP contribution in [0.5, 0.6) is 5.75 Å². The fourth-order valence-corrected chi connectivity index (χ4v) is 1.83. The Morgan fingerprint density at radius 2 is 2.00 bits per heavy atom. The lowest BCUT2D eigenvalue weighted by molar-refractivity contribution is 0.315. The molecule has 0 aliphatic rings. The zero-order valence-electron chi connectivity index (χ0n) is 11.3. The first-order valence-electron chi connectivity index (χ1n) is 6.28. The molecular weight excluding hydrogens is 208 g/mol. The Labute approximate surface area is 105 Å². The van der Waals surface area contributed by atoms with Gasteiger partial charge in [-0.25, -0.2) is 0 Å². The molecule has 0 N–H and O–H groups in total. The third kappa shape index (κ3) is 3.53. The van der Waals surface area contributed by atoms with Crippen molar-refractivity contribution in [3.8, 4) is 18.1 Å². The van der Waals surface area contributed by atoms with Crippen LogP contribution >= 0.6 is 0 Å². The van der Waals surface area contributed by atoms with Gasteiger partial charge in [-0.3, -0.25) is 0 Å². The van der Waals surface area contributed by atoms with Crippen LogP contribution in [0.1, 0.15) is 37.0 Å². The molecule has 0 aliphatic carbocycles. The van der Waals surface area contributed by atoms with E-state index in [2.05, 4.69) is 45.7 Å². The molecule has 0 amide bonds. The van der Waals surface area contributed by atoms with Crippen molar-refractivity contribution >= 4 is 0 Å².